The van der Waals surface area contributed by atoms with Crippen molar-refractivity contribution in [2.75, 3.05) is 5.32 Å². The first-order valence-electron chi connectivity index (χ1n) is 7.18. The Morgan fingerprint density at radius 3 is 2.28 bits per heavy atom. The highest BCUT2D eigenvalue weighted by Crippen LogP contribution is 2.27. The summed E-state index contributed by atoms with van der Waals surface area (Å²) in [4.78, 5) is 12.4. The third kappa shape index (κ3) is 5.09. The molecular weight excluding hydrogens is 407 g/mol. The predicted octanol–water partition coefficient (Wildman–Crippen LogP) is 4.59. The minimum atomic E-state index is -3.75. The van der Waals surface area contributed by atoms with Crippen molar-refractivity contribution in [1.29, 1.82) is 0 Å². The molecule has 25 heavy (non-hydrogen) atoms. The largest absolute Gasteiger partial charge is 0.321 e. The Morgan fingerprint density at radius 2 is 1.68 bits per heavy atom. The molecule has 134 valence electrons. The standard InChI is InChI=1S/C16H15Cl3N2O3S/c1-9(2)21-25(23,24)11-4-5-13(18)12(8-11)16(22)20-15-6-3-10(17)7-14(15)19/h3-9,21H,1-2H3,(H,20,22). The lowest BCUT2D eigenvalue weighted by Gasteiger charge is -2.12. The van der Waals surface area contributed by atoms with Gasteiger partial charge >= 0.3 is 0 Å². The summed E-state index contributed by atoms with van der Waals surface area (Å²) in [5, 5.41) is 3.38. The number of sulfonamides is 1. The number of carbonyl (C=O) groups is 1. The van der Waals surface area contributed by atoms with Crippen molar-refractivity contribution in [3.05, 3.63) is 57.0 Å². The molecule has 2 rings (SSSR count). The Bertz CT molecular complexity index is 915. The minimum Gasteiger partial charge on any atom is -0.321 e. The molecule has 0 aliphatic heterocycles. The van der Waals surface area contributed by atoms with Crippen LogP contribution in [0.2, 0.25) is 15.1 Å². The molecule has 9 heteroatoms. The zero-order valence-corrected chi connectivity index (χ0v) is 16.4. The van der Waals surface area contributed by atoms with Gasteiger partial charge in [0.05, 0.1) is 26.2 Å². The normalized spacial score (nSPS) is 11.6. The summed E-state index contributed by atoms with van der Waals surface area (Å²) in [6.45, 7) is 3.40. The van der Waals surface area contributed by atoms with Crippen LogP contribution < -0.4 is 10.0 Å². The van der Waals surface area contributed by atoms with Gasteiger partial charge in [0.15, 0.2) is 0 Å². The molecule has 0 aromatic heterocycles. The van der Waals surface area contributed by atoms with Crippen LogP contribution >= 0.6 is 34.8 Å². The van der Waals surface area contributed by atoms with Gasteiger partial charge in [-0.25, -0.2) is 13.1 Å². The van der Waals surface area contributed by atoms with Crippen molar-refractivity contribution in [2.24, 2.45) is 0 Å². The van der Waals surface area contributed by atoms with Crippen molar-refractivity contribution in [3.63, 3.8) is 0 Å². The van der Waals surface area contributed by atoms with Gasteiger partial charge < -0.3 is 5.32 Å². The monoisotopic (exact) mass is 420 g/mol. The fraction of sp³-hybridized carbons (Fsp3) is 0.188. The number of hydrogen-bond donors (Lipinski definition) is 2. The van der Waals surface area contributed by atoms with Crippen molar-refractivity contribution in [3.8, 4) is 0 Å². The molecule has 2 aromatic carbocycles. The molecule has 0 spiro atoms. The molecule has 5 nitrogen and oxygen atoms in total. The molecule has 0 atom stereocenters. The van der Waals surface area contributed by atoms with Gasteiger partial charge in [0.25, 0.3) is 5.91 Å². The third-order valence-electron chi connectivity index (χ3n) is 3.06. The zero-order chi connectivity index (χ0) is 18.8. The van der Waals surface area contributed by atoms with E-state index in [9.17, 15) is 13.2 Å². The van der Waals surface area contributed by atoms with Crippen molar-refractivity contribution in [1.82, 2.24) is 4.72 Å². The fourth-order valence-electron chi connectivity index (χ4n) is 2.00. The molecule has 0 radical (unpaired) electrons. The molecule has 0 unspecified atom stereocenters. The van der Waals surface area contributed by atoms with Crippen LogP contribution in [0.3, 0.4) is 0 Å². The van der Waals surface area contributed by atoms with Gasteiger partial charge in [-0.15, -0.1) is 0 Å². The second kappa shape index (κ2) is 7.93. The van der Waals surface area contributed by atoms with Gasteiger partial charge in [-0.3, -0.25) is 4.79 Å². The third-order valence-corrected chi connectivity index (χ3v) is 5.60. The van der Waals surface area contributed by atoms with E-state index in [1.54, 1.807) is 19.9 Å². The molecule has 0 fully saturated rings. The molecule has 0 bridgehead atoms. The molecule has 1 amide bonds. The first kappa shape index (κ1) is 20.0. The van der Waals surface area contributed by atoms with Gasteiger partial charge in [0.2, 0.25) is 10.0 Å². The molecule has 2 N–H and O–H groups in total. The SMILES string of the molecule is CC(C)NS(=O)(=O)c1ccc(Cl)c(C(=O)Nc2ccc(Cl)cc2Cl)c1. The van der Waals surface area contributed by atoms with Crippen molar-refractivity contribution < 1.29 is 13.2 Å². The maximum absolute atomic E-state index is 12.5. The quantitative estimate of drug-likeness (QED) is 0.741. The average Bonchev–Trinajstić information content (AvgIpc) is 2.49. The van der Waals surface area contributed by atoms with E-state index in [-0.39, 0.29) is 26.5 Å². The summed E-state index contributed by atoms with van der Waals surface area (Å²) in [5.74, 6) is -0.587. The summed E-state index contributed by atoms with van der Waals surface area (Å²) in [7, 11) is -3.75. The predicted molar refractivity (Wildman–Crippen MR) is 101 cm³/mol. The number of rotatable bonds is 5. The summed E-state index contributed by atoms with van der Waals surface area (Å²) in [6, 6.07) is 8.20. The van der Waals surface area contributed by atoms with E-state index in [0.29, 0.717) is 10.7 Å². The molecule has 0 saturated heterocycles. The minimum absolute atomic E-state index is 0.0133. The number of benzene rings is 2. The zero-order valence-electron chi connectivity index (χ0n) is 13.3. The van der Waals surface area contributed by atoms with E-state index in [1.165, 1.54) is 30.3 Å². The maximum atomic E-state index is 12.5. The number of halogens is 3. The molecular formula is C16H15Cl3N2O3S. The van der Waals surface area contributed by atoms with E-state index in [4.69, 9.17) is 34.8 Å². The van der Waals surface area contributed by atoms with Crippen molar-refractivity contribution >= 4 is 56.4 Å². The topological polar surface area (TPSA) is 75.3 Å². The summed E-state index contributed by atoms with van der Waals surface area (Å²) >= 11 is 17.9. The highest BCUT2D eigenvalue weighted by molar-refractivity contribution is 7.89. The maximum Gasteiger partial charge on any atom is 0.257 e. The smallest absolute Gasteiger partial charge is 0.257 e. The van der Waals surface area contributed by atoms with Gasteiger partial charge in [0, 0.05) is 11.1 Å². The van der Waals surface area contributed by atoms with E-state index in [0.717, 1.165) is 0 Å². The van der Waals surface area contributed by atoms with E-state index >= 15 is 0 Å². The number of anilines is 1. The van der Waals surface area contributed by atoms with E-state index < -0.39 is 15.9 Å². The number of amides is 1. The van der Waals surface area contributed by atoms with Gasteiger partial charge in [-0.1, -0.05) is 34.8 Å². The van der Waals surface area contributed by atoms with Crippen LogP contribution in [0.25, 0.3) is 0 Å². The van der Waals surface area contributed by atoms with Crippen LogP contribution in [0.5, 0.6) is 0 Å². The Balaban J connectivity index is 2.35. The van der Waals surface area contributed by atoms with Crippen LogP contribution in [-0.2, 0) is 10.0 Å². The second-order valence-corrected chi connectivity index (χ2v) is 8.46. The summed E-state index contributed by atoms with van der Waals surface area (Å²) in [6.07, 6.45) is 0. The molecule has 0 aliphatic rings. The second-order valence-electron chi connectivity index (χ2n) is 5.50. The molecule has 0 heterocycles. The fourth-order valence-corrected chi connectivity index (χ4v) is 3.94. The Labute approximate surface area is 161 Å². The first-order chi connectivity index (χ1) is 11.6. The average molecular weight is 422 g/mol. The van der Waals surface area contributed by atoms with Gasteiger partial charge in [-0.05, 0) is 50.2 Å². The number of carbonyl (C=O) groups excluding carboxylic acids is 1. The van der Waals surface area contributed by atoms with Crippen LogP contribution in [0.1, 0.15) is 24.2 Å². The lowest BCUT2D eigenvalue weighted by Crippen LogP contribution is -2.30. The van der Waals surface area contributed by atoms with Crippen molar-refractivity contribution in [2.45, 2.75) is 24.8 Å². The first-order valence-corrected chi connectivity index (χ1v) is 9.80. The van der Waals surface area contributed by atoms with Gasteiger partial charge in [-0.2, -0.15) is 0 Å². The van der Waals surface area contributed by atoms with Crippen LogP contribution in [0.15, 0.2) is 41.3 Å². The van der Waals surface area contributed by atoms with Crippen LogP contribution in [-0.4, -0.2) is 20.4 Å². The van der Waals surface area contributed by atoms with E-state index in [2.05, 4.69) is 10.0 Å². The van der Waals surface area contributed by atoms with Crippen LogP contribution in [0, 0.1) is 0 Å². The Kier molecular flexibility index (Phi) is 6.35. The van der Waals surface area contributed by atoms with Gasteiger partial charge in [0.1, 0.15) is 0 Å². The molecule has 2 aromatic rings. The summed E-state index contributed by atoms with van der Waals surface area (Å²) < 4.78 is 27.0. The Hall–Kier alpha value is -1.31. The van der Waals surface area contributed by atoms with Crippen LogP contribution in [0.4, 0.5) is 5.69 Å². The number of hydrogen-bond acceptors (Lipinski definition) is 3. The summed E-state index contributed by atoms with van der Waals surface area (Å²) in [5.41, 5.74) is 0.347. The number of nitrogens with one attached hydrogen (secondary N) is 2. The molecule has 0 aliphatic carbocycles. The molecule has 0 saturated carbocycles. The highest BCUT2D eigenvalue weighted by atomic mass is 35.5. The Morgan fingerprint density at radius 1 is 1.00 bits per heavy atom. The lowest BCUT2D eigenvalue weighted by molar-refractivity contribution is 0.102. The lowest BCUT2D eigenvalue weighted by atomic mass is 10.2. The van der Waals surface area contributed by atoms with E-state index in [1.807, 2.05) is 0 Å². The highest BCUT2D eigenvalue weighted by Gasteiger charge is 2.20.